The standard InChI is InChI=1S/C20H13FN2S/c21-16-8-11-19-18(12-16)20(23-13-22-19)24-17-9-6-15(7-10-17)14-4-2-1-3-5-14/h1-13H. The van der Waals surface area contributed by atoms with Crippen molar-refractivity contribution in [1.29, 1.82) is 0 Å². The van der Waals surface area contributed by atoms with Crippen LogP contribution in [0, 0.1) is 5.82 Å². The minimum Gasteiger partial charge on any atom is -0.236 e. The highest BCUT2D eigenvalue weighted by Gasteiger charge is 2.07. The van der Waals surface area contributed by atoms with Gasteiger partial charge in [0, 0.05) is 10.3 Å². The predicted molar refractivity (Wildman–Crippen MR) is 95.5 cm³/mol. The zero-order valence-electron chi connectivity index (χ0n) is 12.7. The van der Waals surface area contributed by atoms with E-state index >= 15 is 0 Å². The SMILES string of the molecule is Fc1ccc2ncnc(Sc3ccc(-c4ccccc4)cc3)c2c1. The maximum absolute atomic E-state index is 13.5. The Bertz CT molecular complexity index is 985. The van der Waals surface area contributed by atoms with Crippen molar-refractivity contribution in [2.45, 2.75) is 9.92 Å². The van der Waals surface area contributed by atoms with Gasteiger partial charge in [-0.2, -0.15) is 0 Å². The predicted octanol–water partition coefficient (Wildman–Crippen LogP) is 5.59. The van der Waals surface area contributed by atoms with Crippen molar-refractivity contribution in [2.24, 2.45) is 0 Å². The highest BCUT2D eigenvalue weighted by atomic mass is 32.2. The molecule has 24 heavy (non-hydrogen) atoms. The number of benzene rings is 3. The lowest BCUT2D eigenvalue weighted by Gasteiger charge is -2.06. The number of aromatic nitrogens is 2. The molecule has 1 heterocycles. The number of rotatable bonds is 3. The van der Waals surface area contributed by atoms with Crippen LogP contribution in [0.2, 0.25) is 0 Å². The minimum absolute atomic E-state index is 0.279. The van der Waals surface area contributed by atoms with E-state index in [-0.39, 0.29) is 5.82 Å². The fourth-order valence-electron chi connectivity index (χ4n) is 2.54. The second kappa shape index (κ2) is 6.42. The summed E-state index contributed by atoms with van der Waals surface area (Å²) in [6, 6.07) is 23.1. The van der Waals surface area contributed by atoms with Gasteiger partial charge in [-0.25, -0.2) is 14.4 Å². The van der Waals surface area contributed by atoms with E-state index in [0.717, 1.165) is 20.8 Å². The number of fused-ring (bicyclic) bond motifs is 1. The van der Waals surface area contributed by atoms with Crippen molar-refractivity contribution < 1.29 is 4.39 Å². The third kappa shape index (κ3) is 3.01. The molecule has 0 aliphatic rings. The first kappa shape index (κ1) is 14.8. The lowest BCUT2D eigenvalue weighted by molar-refractivity contribution is 0.629. The average molecular weight is 332 g/mol. The Balaban J connectivity index is 1.65. The van der Waals surface area contributed by atoms with Gasteiger partial charge in [0.1, 0.15) is 17.2 Å². The van der Waals surface area contributed by atoms with Crippen LogP contribution in [0.3, 0.4) is 0 Å². The topological polar surface area (TPSA) is 25.8 Å². The van der Waals surface area contributed by atoms with E-state index in [0.29, 0.717) is 0 Å². The van der Waals surface area contributed by atoms with Crippen molar-refractivity contribution in [3.8, 4) is 11.1 Å². The van der Waals surface area contributed by atoms with E-state index in [2.05, 4.69) is 46.4 Å². The summed E-state index contributed by atoms with van der Waals surface area (Å²) in [4.78, 5) is 9.55. The first-order valence-electron chi connectivity index (χ1n) is 7.53. The number of nitrogens with zero attached hydrogens (tertiary/aromatic N) is 2. The lowest BCUT2D eigenvalue weighted by atomic mass is 10.1. The van der Waals surface area contributed by atoms with Crippen molar-refractivity contribution in [3.05, 3.63) is 84.9 Å². The van der Waals surface area contributed by atoms with Crippen LogP contribution in [-0.4, -0.2) is 9.97 Å². The summed E-state index contributed by atoms with van der Waals surface area (Å²) < 4.78 is 13.5. The van der Waals surface area contributed by atoms with Gasteiger partial charge in [-0.15, -0.1) is 0 Å². The first-order valence-corrected chi connectivity index (χ1v) is 8.35. The van der Waals surface area contributed by atoms with Crippen LogP contribution in [0.4, 0.5) is 4.39 Å². The quantitative estimate of drug-likeness (QED) is 0.458. The van der Waals surface area contributed by atoms with Crippen molar-refractivity contribution >= 4 is 22.7 Å². The van der Waals surface area contributed by atoms with Gasteiger partial charge in [-0.3, -0.25) is 0 Å². The Kier molecular flexibility index (Phi) is 3.97. The zero-order chi connectivity index (χ0) is 16.4. The fraction of sp³-hybridized carbons (Fsp3) is 0. The molecule has 4 aromatic rings. The van der Waals surface area contributed by atoms with E-state index in [1.165, 1.54) is 41.3 Å². The normalized spacial score (nSPS) is 10.9. The molecule has 0 bridgehead atoms. The van der Waals surface area contributed by atoms with E-state index < -0.39 is 0 Å². The Morgan fingerprint density at radius 3 is 2.29 bits per heavy atom. The van der Waals surface area contributed by atoms with E-state index in [9.17, 15) is 4.39 Å². The van der Waals surface area contributed by atoms with Crippen LogP contribution in [0.15, 0.2) is 89.0 Å². The van der Waals surface area contributed by atoms with Gasteiger partial charge in [0.05, 0.1) is 5.52 Å². The van der Waals surface area contributed by atoms with Crippen LogP contribution < -0.4 is 0 Å². The summed E-state index contributed by atoms with van der Waals surface area (Å²) in [6.07, 6.45) is 1.51. The molecular weight excluding hydrogens is 319 g/mol. The van der Waals surface area contributed by atoms with Gasteiger partial charge >= 0.3 is 0 Å². The molecule has 0 aliphatic heterocycles. The second-order valence-electron chi connectivity index (χ2n) is 5.33. The van der Waals surface area contributed by atoms with Gasteiger partial charge in [0.2, 0.25) is 0 Å². The van der Waals surface area contributed by atoms with Crippen LogP contribution in [0.25, 0.3) is 22.0 Å². The highest BCUT2D eigenvalue weighted by molar-refractivity contribution is 7.99. The Labute approximate surface area is 143 Å². The Hall–Kier alpha value is -2.72. The molecule has 0 unspecified atom stereocenters. The molecule has 0 aliphatic carbocycles. The van der Waals surface area contributed by atoms with Gasteiger partial charge in [-0.1, -0.05) is 54.2 Å². The van der Waals surface area contributed by atoms with Gasteiger partial charge in [0.25, 0.3) is 0 Å². The van der Waals surface area contributed by atoms with Crippen LogP contribution >= 0.6 is 11.8 Å². The molecule has 4 heteroatoms. The molecule has 1 aromatic heterocycles. The maximum atomic E-state index is 13.5. The van der Waals surface area contributed by atoms with Crippen molar-refractivity contribution in [2.75, 3.05) is 0 Å². The third-order valence-electron chi connectivity index (χ3n) is 3.74. The summed E-state index contributed by atoms with van der Waals surface area (Å²) >= 11 is 1.51. The summed E-state index contributed by atoms with van der Waals surface area (Å²) in [7, 11) is 0. The smallest absolute Gasteiger partial charge is 0.124 e. The molecule has 0 spiro atoms. The molecule has 0 saturated heterocycles. The maximum Gasteiger partial charge on any atom is 0.124 e. The van der Waals surface area contributed by atoms with E-state index in [4.69, 9.17) is 0 Å². The number of hydrogen-bond acceptors (Lipinski definition) is 3. The average Bonchev–Trinajstić information content (AvgIpc) is 2.64. The fourth-order valence-corrected chi connectivity index (χ4v) is 3.41. The summed E-state index contributed by atoms with van der Waals surface area (Å²) in [5, 5.41) is 1.49. The molecule has 0 amide bonds. The molecule has 0 radical (unpaired) electrons. The lowest BCUT2D eigenvalue weighted by Crippen LogP contribution is -1.88. The third-order valence-corrected chi connectivity index (χ3v) is 4.76. The van der Waals surface area contributed by atoms with Crippen molar-refractivity contribution in [3.63, 3.8) is 0 Å². The van der Waals surface area contributed by atoms with Crippen LogP contribution in [0.1, 0.15) is 0 Å². The molecule has 116 valence electrons. The van der Waals surface area contributed by atoms with E-state index in [1.54, 1.807) is 6.07 Å². The first-order chi connectivity index (χ1) is 11.8. The second-order valence-corrected chi connectivity index (χ2v) is 6.39. The minimum atomic E-state index is -0.279. The largest absolute Gasteiger partial charge is 0.236 e. The molecule has 4 rings (SSSR count). The summed E-state index contributed by atoms with van der Waals surface area (Å²) in [6.45, 7) is 0. The van der Waals surface area contributed by atoms with Crippen molar-refractivity contribution in [1.82, 2.24) is 9.97 Å². The molecule has 0 N–H and O–H groups in total. The van der Waals surface area contributed by atoms with Crippen LogP contribution in [0.5, 0.6) is 0 Å². The highest BCUT2D eigenvalue weighted by Crippen LogP contribution is 2.32. The number of hydrogen-bond donors (Lipinski definition) is 0. The van der Waals surface area contributed by atoms with Gasteiger partial charge in [-0.05, 0) is 41.5 Å². The van der Waals surface area contributed by atoms with E-state index in [1.807, 2.05) is 18.2 Å². The Morgan fingerprint density at radius 2 is 1.50 bits per heavy atom. The monoisotopic (exact) mass is 332 g/mol. The van der Waals surface area contributed by atoms with Crippen LogP contribution in [-0.2, 0) is 0 Å². The zero-order valence-corrected chi connectivity index (χ0v) is 13.5. The Morgan fingerprint density at radius 1 is 0.750 bits per heavy atom. The van der Waals surface area contributed by atoms with Gasteiger partial charge in [0.15, 0.2) is 0 Å². The number of halogens is 1. The molecule has 3 aromatic carbocycles. The summed E-state index contributed by atoms with van der Waals surface area (Å²) in [5.74, 6) is -0.279. The molecular formula is C20H13FN2S. The molecule has 0 fully saturated rings. The molecule has 0 saturated carbocycles. The molecule has 0 atom stereocenters. The summed E-state index contributed by atoms with van der Waals surface area (Å²) in [5.41, 5.74) is 3.09. The van der Waals surface area contributed by atoms with Gasteiger partial charge < -0.3 is 0 Å². The molecule has 2 nitrogen and oxygen atoms in total.